The molecule has 0 aliphatic heterocycles. The lowest BCUT2D eigenvalue weighted by Gasteiger charge is -2.10. The van der Waals surface area contributed by atoms with Crippen molar-refractivity contribution < 1.29 is 9.53 Å². The normalized spacial score (nSPS) is 15.9. The van der Waals surface area contributed by atoms with Crippen molar-refractivity contribution in [2.75, 3.05) is 12.4 Å². The van der Waals surface area contributed by atoms with Crippen LogP contribution in [0.15, 0.2) is 24.3 Å². The van der Waals surface area contributed by atoms with Crippen molar-refractivity contribution in [1.29, 1.82) is 0 Å². The Morgan fingerprint density at radius 3 is 2.75 bits per heavy atom. The van der Waals surface area contributed by atoms with Gasteiger partial charge in [0, 0.05) is 11.8 Å². The van der Waals surface area contributed by atoms with Crippen LogP contribution in [0, 0.1) is 0 Å². The number of methoxy groups -OCH3 is 1. The highest BCUT2D eigenvalue weighted by molar-refractivity contribution is 6.00. The number of hydrogen-bond donors (Lipinski definition) is 2. The number of carbonyl (C=O) groups excluding carboxylic acids is 1. The Hall–Kier alpha value is -1.26. The van der Waals surface area contributed by atoms with Gasteiger partial charge in [-0.15, -0.1) is 12.4 Å². The second-order valence-electron chi connectivity index (χ2n) is 3.84. The van der Waals surface area contributed by atoms with Crippen LogP contribution in [0.3, 0.4) is 0 Å². The molecule has 1 aromatic carbocycles. The predicted molar refractivity (Wildman–Crippen MR) is 65.0 cm³/mol. The maximum atomic E-state index is 11.6. The van der Waals surface area contributed by atoms with Crippen LogP contribution in [0.2, 0.25) is 0 Å². The van der Waals surface area contributed by atoms with Crippen LogP contribution in [0.25, 0.3) is 0 Å². The van der Waals surface area contributed by atoms with Crippen molar-refractivity contribution in [2.24, 2.45) is 5.73 Å². The van der Waals surface area contributed by atoms with Crippen LogP contribution in [0.4, 0.5) is 5.69 Å². The first-order chi connectivity index (χ1) is 7.14. The molecule has 0 radical (unpaired) electrons. The zero-order chi connectivity index (χ0) is 10.9. The molecule has 0 bridgehead atoms. The summed E-state index contributed by atoms with van der Waals surface area (Å²) in [6.45, 7) is 0. The molecule has 1 aliphatic carbocycles. The molecule has 0 unspecified atom stereocenters. The summed E-state index contributed by atoms with van der Waals surface area (Å²) >= 11 is 0. The first kappa shape index (κ1) is 12.8. The number of hydrogen-bond acceptors (Lipinski definition) is 3. The topological polar surface area (TPSA) is 64.3 Å². The number of benzene rings is 1. The van der Waals surface area contributed by atoms with Crippen molar-refractivity contribution in [1.82, 2.24) is 0 Å². The van der Waals surface area contributed by atoms with Gasteiger partial charge in [0.05, 0.1) is 12.6 Å². The van der Waals surface area contributed by atoms with Crippen molar-refractivity contribution >= 4 is 24.0 Å². The van der Waals surface area contributed by atoms with Gasteiger partial charge in [-0.2, -0.15) is 0 Å². The van der Waals surface area contributed by atoms with E-state index in [4.69, 9.17) is 10.5 Å². The fraction of sp³-hybridized carbons (Fsp3) is 0.364. The van der Waals surface area contributed by atoms with Gasteiger partial charge in [0.2, 0.25) is 5.91 Å². The molecular weight excluding hydrogens is 228 g/mol. The third-order valence-electron chi connectivity index (χ3n) is 2.57. The molecule has 16 heavy (non-hydrogen) atoms. The Labute approximate surface area is 101 Å². The Morgan fingerprint density at radius 1 is 1.50 bits per heavy atom. The lowest BCUT2D eigenvalue weighted by Crippen LogP contribution is -2.37. The zero-order valence-electron chi connectivity index (χ0n) is 9.03. The Morgan fingerprint density at radius 2 is 2.19 bits per heavy atom. The minimum absolute atomic E-state index is 0. The molecular formula is C11H15ClN2O2. The minimum atomic E-state index is -0.636. The largest absolute Gasteiger partial charge is 0.497 e. The van der Waals surface area contributed by atoms with Gasteiger partial charge in [-0.1, -0.05) is 6.07 Å². The third kappa shape index (κ3) is 2.65. The first-order valence-corrected chi connectivity index (χ1v) is 4.88. The summed E-state index contributed by atoms with van der Waals surface area (Å²) in [5, 5.41) is 2.78. The summed E-state index contributed by atoms with van der Waals surface area (Å²) in [5.74, 6) is 0.602. The van der Waals surface area contributed by atoms with E-state index in [1.54, 1.807) is 13.2 Å². The molecule has 0 spiro atoms. The predicted octanol–water partition coefficient (Wildman–Crippen LogP) is 1.55. The summed E-state index contributed by atoms with van der Waals surface area (Å²) in [5.41, 5.74) is 5.85. The third-order valence-corrected chi connectivity index (χ3v) is 2.57. The monoisotopic (exact) mass is 242 g/mol. The molecule has 1 saturated carbocycles. The first-order valence-electron chi connectivity index (χ1n) is 4.88. The second kappa shape index (κ2) is 4.72. The van der Waals surface area contributed by atoms with Crippen LogP contribution in [0.1, 0.15) is 12.8 Å². The average Bonchev–Trinajstić information content (AvgIpc) is 2.98. The number of nitrogens with two attached hydrogens (primary N) is 1. The van der Waals surface area contributed by atoms with E-state index < -0.39 is 5.54 Å². The van der Waals surface area contributed by atoms with Gasteiger partial charge in [0.15, 0.2) is 0 Å². The van der Waals surface area contributed by atoms with Crippen molar-refractivity contribution in [2.45, 2.75) is 18.4 Å². The Balaban J connectivity index is 0.00000128. The van der Waals surface area contributed by atoms with Gasteiger partial charge in [0.25, 0.3) is 0 Å². The number of anilines is 1. The lowest BCUT2D eigenvalue weighted by molar-refractivity contribution is -0.118. The standard InChI is InChI=1S/C11H14N2O2.ClH/c1-15-9-4-2-3-8(7-9)13-10(14)11(12)5-6-11;/h2-4,7H,5-6,12H2,1H3,(H,13,14);1H. The Bertz CT molecular complexity index is 391. The van der Waals surface area contributed by atoms with E-state index in [1.165, 1.54) is 0 Å². The molecule has 4 nitrogen and oxygen atoms in total. The average molecular weight is 243 g/mol. The zero-order valence-corrected chi connectivity index (χ0v) is 9.84. The lowest BCUT2D eigenvalue weighted by atomic mass is 10.2. The quantitative estimate of drug-likeness (QED) is 0.845. The summed E-state index contributed by atoms with van der Waals surface area (Å²) in [6, 6.07) is 7.23. The van der Waals surface area contributed by atoms with E-state index in [9.17, 15) is 4.79 Å². The number of nitrogens with one attached hydrogen (secondary N) is 1. The maximum absolute atomic E-state index is 11.6. The highest BCUT2D eigenvalue weighted by atomic mass is 35.5. The molecule has 1 amide bonds. The molecule has 0 aromatic heterocycles. The SMILES string of the molecule is COc1cccc(NC(=O)C2(N)CC2)c1.Cl. The molecule has 0 saturated heterocycles. The van der Waals surface area contributed by atoms with E-state index in [0.29, 0.717) is 0 Å². The number of carbonyl (C=O) groups is 1. The van der Waals surface area contributed by atoms with Crippen LogP contribution in [-0.4, -0.2) is 18.6 Å². The molecule has 1 fully saturated rings. The van der Waals surface area contributed by atoms with Crippen molar-refractivity contribution in [3.8, 4) is 5.75 Å². The molecule has 1 aromatic rings. The van der Waals surface area contributed by atoms with E-state index >= 15 is 0 Å². The van der Waals surface area contributed by atoms with Crippen LogP contribution < -0.4 is 15.8 Å². The van der Waals surface area contributed by atoms with Crippen LogP contribution in [0.5, 0.6) is 5.75 Å². The van der Waals surface area contributed by atoms with E-state index in [0.717, 1.165) is 24.3 Å². The number of rotatable bonds is 3. The summed E-state index contributed by atoms with van der Waals surface area (Å²) in [7, 11) is 1.59. The number of amides is 1. The molecule has 1 aliphatic rings. The summed E-state index contributed by atoms with van der Waals surface area (Å²) in [4.78, 5) is 11.6. The van der Waals surface area contributed by atoms with Gasteiger partial charge < -0.3 is 15.8 Å². The Kier molecular flexibility index (Phi) is 3.78. The molecule has 3 N–H and O–H groups in total. The van der Waals surface area contributed by atoms with Gasteiger partial charge in [-0.25, -0.2) is 0 Å². The second-order valence-corrected chi connectivity index (χ2v) is 3.84. The van der Waals surface area contributed by atoms with E-state index in [1.807, 2.05) is 18.2 Å². The number of halogens is 1. The van der Waals surface area contributed by atoms with Gasteiger partial charge in [0.1, 0.15) is 5.75 Å². The maximum Gasteiger partial charge on any atom is 0.244 e. The van der Waals surface area contributed by atoms with E-state index in [-0.39, 0.29) is 18.3 Å². The molecule has 0 heterocycles. The van der Waals surface area contributed by atoms with Gasteiger partial charge in [-0.3, -0.25) is 4.79 Å². The fourth-order valence-corrected chi connectivity index (χ4v) is 1.32. The van der Waals surface area contributed by atoms with Gasteiger partial charge in [-0.05, 0) is 25.0 Å². The minimum Gasteiger partial charge on any atom is -0.497 e. The number of ether oxygens (including phenoxy) is 1. The van der Waals surface area contributed by atoms with E-state index in [2.05, 4.69) is 5.32 Å². The summed E-state index contributed by atoms with van der Waals surface area (Å²) < 4.78 is 5.06. The molecule has 5 heteroatoms. The molecule has 2 rings (SSSR count). The summed E-state index contributed by atoms with van der Waals surface area (Å²) in [6.07, 6.45) is 1.53. The highest BCUT2D eigenvalue weighted by Crippen LogP contribution is 2.33. The van der Waals surface area contributed by atoms with Crippen LogP contribution >= 0.6 is 12.4 Å². The van der Waals surface area contributed by atoms with Crippen LogP contribution in [-0.2, 0) is 4.79 Å². The van der Waals surface area contributed by atoms with Crippen molar-refractivity contribution in [3.05, 3.63) is 24.3 Å². The van der Waals surface area contributed by atoms with Crippen molar-refractivity contribution in [3.63, 3.8) is 0 Å². The fourth-order valence-electron chi connectivity index (χ4n) is 1.32. The smallest absolute Gasteiger partial charge is 0.244 e. The molecule has 0 atom stereocenters. The molecule has 88 valence electrons. The van der Waals surface area contributed by atoms with Gasteiger partial charge >= 0.3 is 0 Å². The highest BCUT2D eigenvalue weighted by Gasteiger charge is 2.45.